The summed E-state index contributed by atoms with van der Waals surface area (Å²) in [6.07, 6.45) is 2.66. The standard InChI is InChI=1S/C10H18N4O/c1-2-11-5-9-3-4-14(6-9)7-10-12-8-15-13-10/h8-9,11H,2-7H2,1H3. The van der Waals surface area contributed by atoms with Gasteiger partial charge in [-0.15, -0.1) is 0 Å². The lowest BCUT2D eigenvalue weighted by molar-refractivity contribution is 0.298. The zero-order valence-electron chi connectivity index (χ0n) is 9.15. The summed E-state index contributed by atoms with van der Waals surface area (Å²) in [5.74, 6) is 1.57. The second kappa shape index (κ2) is 5.23. The Morgan fingerprint density at radius 3 is 3.33 bits per heavy atom. The Labute approximate surface area is 89.8 Å². The molecule has 84 valence electrons. The summed E-state index contributed by atoms with van der Waals surface area (Å²) in [7, 11) is 0. The SMILES string of the molecule is CCNCC1CCN(Cc2ncon2)C1. The van der Waals surface area contributed by atoms with Crippen molar-refractivity contribution in [2.24, 2.45) is 5.92 Å². The molecule has 1 fully saturated rings. The monoisotopic (exact) mass is 210 g/mol. The van der Waals surface area contributed by atoms with Gasteiger partial charge in [-0.1, -0.05) is 12.1 Å². The fraction of sp³-hybridized carbons (Fsp3) is 0.800. The zero-order chi connectivity index (χ0) is 10.5. The van der Waals surface area contributed by atoms with E-state index in [0.717, 1.165) is 44.5 Å². The lowest BCUT2D eigenvalue weighted by Gasteiger charge is -2.13. The maximum absolute atomic E-state index is 4.72. The van der Waals surface area contributed by atoms with Gasteiger partial charge in [0.05, 0.1) is 6.54 Å². The molecule has 1 aliphatic rings. The van der Waals surface area contributed by atoms with Crippen LogP contribution < -0.4 is 5.32 Å². The highest BCUT2D eigenvalue weighted by molar-refractivity contribution is 4.83. The van der Waals surface area contributed by atoms with Gasteiger partial charge in [-0.05, 0) is 32.0 Å². The predicted octanol–water partition coefficient (Wildman–Crippen LogP) is 0.501. The first-order chi connectivity index (χ1) is 7.38. The Hall–Kier alpha value is -0.940. The van der Waals surface area contributed by atoms with Crippen LogP contribution in [0, 0.1) is 5.92 Å². The first-order valence-electron chi connectivity index (χ1n) is 5.56. The van der Waals surface area contributed by atoms with E-state index in [2.05, 4.69) is 27.3 Å². The molecule has 2 heterocycles. The summed E-state index contributed by atoms with van der Waals surface area (Å²) in [5, 5.41) is 7.22. The van der Waals surface area contributed by atoms with Crippen LogP contribution in [0.15, 0.2) is 10.9 Å². The fourth-order valence-corrected chi connectivity index (χ4v) is 2.03. The average molecular weight is 210 g/mol. The van der Waals surface area contributed by atoms with Crippen molar-refractivity contribution in [3.63, 3.8) is 0 Å². The minimum atomic E-state index is 0.775. The first kappa shape index (κ1) is 10.6. The quantitative estimate of drug-likeness (QED) is 0.767. The Morgan fingerprint density at radius 2 is 2.60 bits per heavy atom. The molecule has 0 spiro atoms. The molecule has 0 amide bonds. The molecule has 1 unspecified atom stereocenters. The molecule has 1 aliphatic heterocycles. The molecule has 2 rings (SSSR count). The van der Waals surface area contributed by atoms with Crippen molar-refractivity contribution in [2.45, 2.75) is 19.9 Å². The minimum Gasteiger partial charge on any atom is -0.343 e. The molecule has 0 radical (unpaired) electrons. The van der Waals surface area contributed by atoms with Crippen molar-refractivity contribution in [2.75, 3.05) is 26.2 Å². The third-order valence-corrected chi connectivity index (χ3v) is 2.82. The van der Waals surface area contributed by atoms with E-state index in [4.69, 9.17) is 4.52 Å². The Kier molecular flexibility index (Phi) is 3.69. The third-order valence-electron chi connectivity index (χ3n) is 2.82. The van der Waals surface area contributed by atoms with E-state index in [1.165, 1.54) is 12.8 Å². The van der Waals surface area contributed by atoms with Crippen molar-refractivity contribution in [3.05, 3.63) is 12.2 Å². The normalized spacial score (nSPS) is 22.3. The van der Waals surface area contributed by atoms with Crippen LogP contribution in [0.3, 0.4) is 0 Å². The Morgan fingerprint density at radius 1 is 1.67 bits per heavy atom. The van der Waals surface area contributed by atoms with Crippen LogP contribution in [0.1, 0.15) is 19.2 Å². The molecule has 1 aromatic heterocycles. The van der Waals surface area contributed by atoms with Gasteiger partial charge in [0.15, 0.2) is 5.82 Å². The molecule has 1 atom stereocenters. The molecule has 1 N–H and O–H groups in total. The Bertz CT molecular complexity index is 275. The number of likely N-dealkylation sites (tertiary alicyclic amines) is 1. The van der Waals surface area contributed by atoms with E-state index in [1.807, 2.05) is 0 Å². The van der Waals surface area contributed by atoms with Crippen LogP contribution >= 0.6 is 0 Å². The van der Waals surface area contributed by atoms with Crippen molar-refractivity contribution in [1.29, 1.82) is 0 Å². The third kappa shape index (κ3) is 3.00. The van der Waals surface area contributed by atoms with Crippen molar-refractivity contribution in [3.8, 4) is 0 Å². The molecular formula is C10H18N4O. The first-order valence-corrected chi connectivity index (χ1v) is 5.56. The number of nitrogens with zero attached hydrogens (tertiary/aromatic N) is 3. The van der Waals surface area contributed by atoms with Gasteiger partial charge >= 0.3 is 0 Å². The molecule has 0 aliphatic carbocycles. The molecular weight excluding hydrogens is 192 g/mol. The summed E-state index contributed by atoms with van der Waals surface area (Å²) in [4.78, 5) is 6.41. The van der Waals surface area contributed by atoms with Gasteiger partial charge in [-0.2, -0.15) is 4.98 Å². The van der Waals surface area contributed by atoms with Crippen LogP contribution in [-0.2, 0) is 6.54 Å². The molecule has 5 nitrogen and oxygen atoms in total. The van der Waals surface area contributed by atoms with Gasteiger partial charge < -0.3 is 9.84 Å². The van der Waals surface area contributed by atoms with Crippen LogP contribution in [0.4, 0.5) is 0 Å². The van der Waals surface area contributed by atoms with E-state index in [1.54, 1.807) is 0 Å². The van der Waals surface area contributed by atoms with Crippen LogP contribution in [0.2, 0.25) is 0 Å². The van der Waals surface area contributed by atoms with E-state index < -0.39 is 0 Å². The summed E-state index contributed by atoms with van der Waals surface area (Å²) < 4.78 is 4.72. The maximum atomic E-state index is 4.72. The van der Waals surface area contributed by atoms with E-state index in [9.17, 15) is 0 Å². The molecule has 0 saturated carbocycles. The lowest BCUT2D eigenvalue weighted by Crippen LogP contribution is -2.26. The zero-order valence-corrected chi connectivity index (χ0v) is 9.15. The largest absolute Gasteiger partial charge is 0.343 e. The van der Waals surface area contributed by atoms with Gasteiger partial charge in [0.25, 0.3) is 0 Å². The number of hydrogen-bond acceptors (Lipinski definition) is 5. The topological polar surface area (TPSA) is 54.2 Å². The molecule has 15 heavy (non-hydrogen) atoms. The van der Waals surface area contributed by atoms with Crippen molar-refractivity contribution < 1.29 is 4.52 Å². The Balaban J connectivity index is 1.73. The van der Waals surface area contributed by atoms with E-state index >= 15 is 0 Å². The van der Waals surface area contributed by atoms with Crippen LogP contribution in [0.25, 0.3) is 0 Å². The van der Waals surface area contributed by atoms with Crippen molar-refractivity contribution in [1.82, 2.24) is 20.4 Å². The molecule has 1 aromatic rings. The molecule has 0 aromatic carbocycles. The molecule has 5 heteroatoms. The van der Waals surface area contributed by atoms with Gasteiger partial charge in [-0.3, -0.25) is 4.90 Å². The van der Waals surface area contributed by atoms with Crippen LogP contribution in [0.5, 0.6) is 0 Å². The summed E-state index contributed by atoms with van der Waals surface area (Å²) in [5.41, 5.74) is 0. The minimum absolute atomic E-state index is 0.775. The van der Waals surface area contributed by atoms with Gasteiger partial charge in [-0.25, -0.2) is 0 Å². The van der Waals surface area contributed by atoms with Crippen LogP contribution in [-0.4, -0.2) is 41.2 Å². The van der Waals surface area contributed by atoms with Gasteiger partial charge in [0.2, 0.25) is 6.39 Å². The summed E-state index contributed by atoms with van der Waals surface area (Å²) in [6.45, 7) is 7.43. The summed E-state index contributed by atoms with van der Waals surface area (Å²) in [6, 6.07) is 0. The van der Waals surface area contributed by atoms with E-state index in [0.29, 0.717) is 0 Å². The lowest BCUT2D eigenvalue weighted by atomic mass is 10.1. The maximum Gasteiger partial charge on any atom is 0.213 e. The fourth-order valence-electron chi connectivity index (χ4n) is 2.03. The highest BCUT2D eigenvalue weighted by Gasteiger charge is 2.22. The number of hydrogen-bond donors (Lipinski definition) is 1. The van der Waals surface area contributed by atoms with Gasteiger partial charge in [0, 0.05) is 6.54 Å². The van der Waals surface area contributed by atoms with E-state index in [-0.39, 0.29) is 0 Å². The van der Waals surface area contributed by atoms with Crippen molar-refractivity contribution >= 4 is 0 Å². The number of aromatic nitrogens is 2. The second-order valence-corrected chi connectivity index (χ2v) is 4.04. The molecule has 0 bridgehead atoms. The highest BCUT2D eigenvalue weighted by Crippen LogP contribution is 2.16. The number of nitrogens with one attached hydrogen (secondary N) is 1. The molecule has 1 saturated heterocycles. The second-order valence-electron chi connectivity index (χ2n) is 4.04. The summed E-state index contributed by atoms with van der Waals surface area (Å²) >= 11 is 0. The predicted molar refractivity (Wildman–Crippen MR) is 56.2 cm³/mol. The highest BCUT2D eigenvalue weighted by atomic mass is 16.5. The smallest absolute Gasteiger partial charge is 0.213 e. The number of rotatable bonds is 5. The average Bonchev–Trinajstić information content (AvgIpc) is 2.87. The van der Waals surface area contributed by atoms with Gasteiger partial charge in [0.1, 0.15) is 0 Å².